The van der Waals surface area contributed by atoms with E-state index in [4.69, 9.17) is 9.84 Å². The third-order valence-corrected chi connectivity index (χ3v) is 6.77. The van der Waals surface area contributed by atoms with Crippen LogP contribution in [0.1, 0.15) is 48.7 Å². The molecule has 3 heterocycles. The van der Waals surface area contributed by atoms with E-state index in [1.165, 1.54) is 11.3 Å². The second kappa shape index (κ2) is 7.58. The Kier molecular flexibility index (Phi) is 4.92. The molecule has 1 unspecified atom stereocenters. The highest BCUT2D eigenvalue weighted by Crippen LogP contribution is 2.48. The summed E-state index contributed by atoms with van der Waals surface area (Å²) >= 11 is 0. The molecule has 5 rings (SSSR count). The fraction of sp³-hybridized carbons (Fsp3) is 0.565. The van der Waals surface area contributed by atoms with Gasteiger partial charge in [0.2, 0.25) is 5.91 Å². The van der Waals surface area contributed by atoms with Gasteiger partial charge in [-0.2, -0.15) is 5.10 Å². The molecule has 154 valence electrons. The molecule has 0 spiro atoms. The number of hydrogen-bond donors (Lipinski definition) is 1. The van der Waals surface area contributed by atoms with Gasteiger partial charge in [-0.05, 0) is 31.7 Å². The van der Waals surface area contributed by atoms with Crippen molar-refractivity contribution >= 4 is 5.91 Å². The van der Waals surface area contributed by atoms with Crippen LogP contribution in [-0.2, 0) is 41.1 Å². The van der Waals surface area contributed by atoms with Crippen LogP contribution in [0, 0.1) is 0 Å². The number of aromatic nitrogens is 2. The van der Waals surface area contributed by atoms with Crippen LogP contribution in [0.5, 0.6) is 0 Å². The summed E-state index contributed by atoms with van der Waals surface area (Å²) in [5.41, 5.74) is 4.65. The number of nitrogens with zero attached hydrogens (tertiary/aromatic N) is 3. The van der Waals surface area contributed by atoms with Crippen molar-refractivity contribution in [3.63, 3.8) is 0 Å². The Morgan fingerprint density at radius 1 is 1.31 bits per heavy atom. The Balaban J connectivity index is 1.22. The standard InChI is InChI=1S/C23H30N4O2/c1-2-27-21-9-13-29-16-19(21)20(25-27)15-26-12-8-18(14-26)24-22(28)23(10-11-23)17-6-4-3-5-7-17/h3-7,18H,2,8-16H2,1H3,(H,24,28). The quantitative estimate of drug-likeness (QED) is 0.817. The normalized spacial score (nSPS) is 23.0. The molecule has 0 bridgehead atoms. The lowest BCUT2D eigenvalue weighted by atomic mass is 9.94. The van der Waals surface area contributed by atoms with Crippen LogP contribution in [-0.4, -0.2) is 46.3 Å². The van der Waals surface area contributed by atoms with Gasteiger partial charge in [-0.3, -0.25) is 14.4 Å². The molecule has 2 aromatic rings. The van der Waals surface area contributed by atoms with Crippen molar-refractivity contribution in [1.29, 1.82) is 0 Å². The van der Waals surface area contributed by atoms with E-state index in [9.17, 15) is 4.79 Å². The van der Waals surface area contributed by atoms with Gasteiger partial charge < -0.3 is 10.1 Å². The minimum Gasteiger partial charge on any atom is -0.376 e. The number of carbonyl (C=O) groups excluding carboxylic acids is 1. The van der Waals surface area contributed by atoms with Crippen molar-refractivity contribution in [2.45, 2.75) is 63.8 Å². The smallest absolute Gasteiger partial charge is 0.230 e. The van der Waals surface area contributed by atoms with E-state index in [-0.39, 0.29) is 17.4 Å². The van der Waals surface area contributed by atoms with Gasteiger partial charge in [0.25, 0.3) is 0 Å². The molecule has 29 heavy (non-hydrogen) atoms. The van der Waals surface area contributed by atoms with Gasteiger partial charge in [-0.15, -0.1) is 0 Å². The molecule has 2 fully saturated rings. The molecule has 1 amide bonds. The number of amides is 1. The predicted octanol–water partition coefficient (Wildman–Crippen LogP) is 2.40. The molecule has 6 nitrogen and oxygen atoms in total. The average Bonchev–Trinajstić information content (AvgIpc) is 3.35. The zero-order valence-electron chi connectivity index (χ0n) is 17.2. The van der Waals surface area contributed by atoms with E-state index < -0.39 is 0 Å². The van der Waals surface area contributed by atoms with Crippen LogP contribution in [0.25, 0.3) is 0 Å². The van der Waals surface area contributed by atoms with Crippen molar-refractivity contribution < 1.29 is 9.53 Å². The van der Waals surface area contributed by atoms with E-state index in [2.05, 4.69) is 34.0 Å². The molecule has 1 saturated carbocycles. The largest absolute Gasteiger partial charge is 0.376 e. The number of ether oxygens (including phenoxy) is 1. The molecule has 1 N–H and O–H groups in total. The summed E-state index contributed by atoms with van der Waals surface area (Å²) in [5.74, 6) is 0.205. The second-order valence-corrected chi connectivity index (χ2v) is 8.63. The third-order valence-electron chi connectivity index (χ3n) is 6.77. The molecule has 1 aromatic heterocycles. The summed E-state index contributed by atoms with van der Waals surface area (Å²) < 4.78 is 7.83. The zero-order chi connectivity index (χ0) is 19.8. The van der Waals surface area contributed by atoms with Crippen LogP contribution in [0.3, 0.4) is 0 Å². The minimum atomic E-state index is -0.287. The van der Waals surface area contributed by atoms with E-state index in [1.807, 2.05) is 18.2 Å². The van der Waals surface area contributed by atoms with Crippen molar-refractivity contribution in [2.24, 2.45) is 0 Å². The van der Waals surface area contributed by atoms with Gasteiger partial charge in [-0.25, -0.2) is 0 Å². The van der Waals surface area contributed by atoms with Crippen LogP contribution < -0.4 is 5.32 Å². The molecule has 1 saturated heterocycles. The van der Waals surface area contributed by atoms with Crippen molar-refractivity contribution in [1.82, 2.24) is 20.0 Å². The van der Waals surface area contributed by atoms with Gasteiger partial charge in [0.05, 0.1) is 24.3 Å². The molecule has 6 heteroatoms. The monoisotopic (exact) mass is 394 g/mol. The first-order valence-electron chi connectivity index (χ1n) is 10.9. The lowest BCUT2D eigenvalue weighted by molar-refractivity contribution is -0.124. The highest BCUT2D eigenvalue weighted by Gasteiger charge is 2.51. The number of fused-ring (bicyclic) bond motifs is 1. The van der Waals surface area contributed by atoms with E-state index in [0.717, 1.165) is 69.7 Å². The number of rotatable bonds is 6. The highest BCUT2D eigenvalue weighted by molar-refractivity contribution is 5.91. The SMILES string of the molecule is CCn1nc(CN2CCC(NC(=O)C3(c4ccccc4)CC3)C2)c2c1CCOC2. The highest BCUT2D eigenvalue weighted by atomic mass is 16.5. The van der Waals surface area contributed by atoms with E-state index in [1.54, 1.807) is 0 Å². The first kappa shape index (κ1) is 18.8. The fourth-order valence-corrected chi connectivity index (χ4v) is 4.93. The van der Waals surface area contributed by atoms with Crippen molar-refractivity contribution in [3.05, 3.63) is 52.8 Å². The third kappa shape index (κ3) is 3.49. The second-order valence-electron chi connectivity index (χ2n) is 8.63. The van der Waals surface area contributed by atoms with Crippen LogP contribution >= 0.6 is 0 Å². The summed E-state index contributed by atoms with van der Waals surface area (Å²) in [4.78, 5) is 15.4. The van der Waals surface area contributed by atoms with Gasteiger partial charge in [-0.1, -0.05) is 30.3 Å². The number of benzene rings is 1. The molecule has 1 atom stereocenters. The Hall–Kier alpha value is -2.18. The average molecular weight is 395 g/mol. The van der Waals surface area contributed by atoms with Gasteiger partial charge >= 0.3 is 0 Å². The number of aryl methyl sites for hydroxylation is 1. The summed E-state index contributed by atoms with van der Waals surface area (Å²) in [5, 5.41) is 8.20. The maximum atomic E-state index is 13.0. The minimum absolute atomic E-state index is 0.205. The first-order valence-corrected chi connectivity index (χ1v) is 10.9. The number of nitrogens with one attached hydrogen (secondary N) is 1. The van der Waals surface area contributed by atoms with Crippen molar-refractivity contribution in [2.75, 3.05) is 19.7 Å². The fourth-order valence-electron chi connectivity index (χ4n) is 4.93. The zero-order valence-corrected chi connectivity index (χ0v) is 17.2. The lowest BCUT2D eigenvalue weighted by Crippen LogP contribution is -2.42. The topological polar surface area (TPSA) is 59.4 Å². The molecular formula is C23H30N4O2. The summed E-state index contributed by atoms with van der Waals surface area (Å²) in [6, 6.07) is 10.5. The predicted molar refractivity (Wildman–Crippen MR) is 110 cm³/mol. The van der Waals surface area contributed by atoms with Crippen molar-refractivity contribution in [3.8, 4) is 0 Å². The Morgan fingerprint density at radius 3 is 2.90 bits per heavy atom. The van der Waals surface area contributed by atoms with Crippen LogP contribution in [0.2, 0.25) is 0 Å². The maximum absolute atomic E-state index is 13.0. The summed E-state index contributed by atoms with van der Waals surface area (Å²) in [6.45, 7) is 7.26. The molecular weight excluding hydrogens is 364 g/mol. The van der Waals surface area contributed by atoms with E-state index >= 15 is 0 Å². The summed E-state index contributed by atoms with van der Waals surface area (Å²) in [7, 11) is 0. The molecule has 2 aliphatic heterocycles. The maximum Gasteiger partial charge on any atom is 0.230 e. The number of hydrogen-bond acceptors (Lipinski definition) is 4. The molecule has 1 aromatic carbocycles. The Labute approximate surface area is 172 Å². The Morgan fingerprint density at radius 2 is 2.14 bits per heavy atom. The Bertz CT molecular complexity index is 888. The van der Waals surface area contributed by atoms with Crippen LogP contribution in [0.4, 0.5) is 0 Å². The lowest BCUT2D eigenvalue weighted by Gasteiger charge is -2.20. The van der Waals surface area contributed by atoms with Gasteiger partial charge in [0.15, 0.2) is 0 Å². The van der Waals surface area contributed by atoms with Crippen LogP contribution in [0.15, 0.2) is 30.3 Å². The summed E-state index contributed by atoms with van der Waals surface area (Å²) in [6.07, 6.45) is 3.87. The van der Waals surface area contributed by atoms with E-state index in [0.29, 0.717) is 6.61 Å². The van der Waals surface area contributed by atoms with Gasteiger partial charge in [0.1, 0.15) is 0 Å². The molecule has 3 aliphatic rings. The molecule has 0 radical (unpaired) electrons. The number of likely N-dealkylation sites (tertiary alicyclic amines) is 1. The molecule has 1 aliphatic carbocycles. The van der Waals surface area contributed by atoms with Gasteiger partial charge in [0, 0.05) is 49.9 Å². The number of carbonyl (C=O) groups is 1. The first-order chi connectivity index (χ1) is 14.2.